The normalized spacial score (nSPS) is 13.7. The second-order valence-corrected chi connectivity index (χ2v) is 8.73. The zero-order chi connectivity index (χ0) is 21.5. The molecule has 1 N–H and O–H groups in total. The van der Waals surface area contributed by atoms with E-state index >= 15 is 0 Å². The number of benzene rings is 2. The predicted molar refractivity (Wildman–Crippen MR) is 126 cm³/mol. The Bertz CT molecular complexity index is 1140. The van der Waals surface area contributed by atoms with Gasteiger partial charge in [0.05, 0.1) is 23.2 Å². The van der Waals surface area contributed by atoms with Gasteiger partial charge in [-0.05, 0) is 49.8 Å². The first-order valence-corrected chi connectivity index (χ1v) is 11.8. The van der Waals surface area contributed by atoms with Crippen LogP contribution in [0.15, 0.2) is 76.2 Å². The summed E-state index contributed by atoms with van der Waals surface area (Å²) >= 11 is 1.31. The number of hydrogen-bond acceptors (Lipinski definition) is 4. The Balaban J connectivity index is 1.46. The van der Waals surface area contributed by atoms with Crippen molar-refractivity contribution in [3.8, 4) is 0 Å². The van der Waals surface area contributed by atoms with Gasteiger partial charge < -0.3 is 5.32 Å². The molecule has 0 saturated carbocycles. The first kappa shape index (κ1) is 21.4. The van der Waals surface area contributed by atoms with Crippen molar-refractivity contribution in [2.75, 3.05) is 12.3 Å². The maximum atomic E-state index is 13.1. The fourth-order valence-corrected chi connectivity index (χ4v) is 4.67. The second-order valence-electron chi connectivity index (χ2n) is 7.79. The molecule has 160 valence electrons. The highest BCUT2D eigenvalue weighted by molar-refractivity contribution is 7.99. The molecule has 1 aliphatic rings. The van der Waals surface area contributed by atoms with E-state index in [1.54, 1.807) is 10.6 Å². The minimum Gasteiger partial charge on any atom is -0.355 e. The molecule has 0 bridgehead atoms. The van der Waals surface area contributed by atoms with Crippen LogP contribution in [0.3, 0.4) is 0 Å². The van der Waals surface area contributed by atoms with Crippen LogP contribution in [-0.4, -0.2) is 27.8 Å². The van der Waals surface area contributed by atoms with Crippen LogP contribution in [0.25, 0.3) is 10.9 Å². The molecule has 1 aromatic heterocycles. The van der Waals surface area contributed by atoms with Gasteiger partial charge in [-0.1, -0.05) is 65.9 Å². The summed E-state index contributed by atoms with van der Waals surface area (Å²) in [6.07, 6.45) is 8.07. The molecule has 6 heteroatoms. The zero-order valence-electron chi connectivity index (χ0n) is 17.5. The van der Waals surface area contributed by atoms with E-state index in [2.05, 4.69) is 11.4 Å². The average molecular weight is 434 g/mol. The third-order valence-electron chi connectivity index (χ3n) is 5.50. The molecule has 5 nitrogen and oxygen atoms in total. The van der Waals surface area contributed by atoms with Gasteiger partial charge >= 0.3 is 0 Å². The van der Waals surface area contributed by atoms with Crippen molar-refractivity contribution in [2.45, 2.75) is 43.8 Å². The van der Waals surface area contributed by atoms with Crippen LogP contribution >= 0.6 is 11.8 Å². The summed E-state index contributed by atoms with van der Waals surface area (Å²) in [4.78, 5) is 30.3. The largest absolute Gasteiger partial charge is 0.355 e. The molecule has 1 amide bonds. The van der Waals surface area contributed by atoms with Crippen LogP contribution in [0.1, 0.15) is 37.7 Å². The number of allylic oxidation sites excluding steroid dienone is 1. The molecule has 0 spiro atoms. The molecule has 0 atom stereocenters. The minimum atomic E-state index is -0.0819. The number of rotatable bonds is 8. The van der Waals surface area contributed by atoms with Gasteiger partial charge in [0.15, 0.2) is 5.16 Å². The van der Waals surface area contributed by atoms with Crippen LogP contribution in [0.4, 0.5) is 0 Å². The van der Waals surface area contributed by atoms with Crippen molar-refractivity contribution in [2.24, 2.45) is 0 Å². The molecule has 2 aromatic carbocycles. The molecule has 4 rings (SSSR count). The molecule has 0 saturated heterocycles. The van der Waals surface area contributed by atoms with Crippen molar-refractivity contribution in [1.29, 1.82) is 0 Å². The summed E-state index contributed by atoms with van der Waals surface area (Å²) in [5, 5.41) is 4.16. The Kier molecular flexibility index (Phi) is 7.20. The predicted octanol–water partition coefficient (Wildman–Crippen LogP) is 4.54. The van der Waals surface area contributed by atoms with E-state index in [0.29, 0.717) is 29.1 Å². The Morgan fingerprint density at radius 3 is 2.68 bits per heavy atom. The molecule has 3 aromatic rings. The number of fused-ring (bicyclic) bond motifs is 1. The van der Waals surface area contributed by atoms with Crippen LogP contribution in [0.2, 0.25) is 0 Å². The number of amides is 1. The zero-order valence-corrected chi connectivity index (χ0v) is 18.4. The third kappa shape index (κ3) is 5.64. The number of carbonyl (C=O) groups is 1. The number of carbonyl (C=O) groups excluding carboxylic acids is 1. The molecule has 1 heterocycles. The van der Waals surface area contributed by atoms with Crippen molar-refractivity contribution in [3.05, 3.63) is 82.2 Å². The third-order valence-corrected chi connectivity index (χ3v) is 6.47. The quantitative estimate of drug-likeness (QED) is 0.322. The van der Waals surface area contributed by atoms with Gasteiger partial charge in [0.2, 0.25) is 5.91 Å². The maximum Gasteiger partial charge on any atom is 0.262 e. The Morgan fingerprint density at radius 1 is 1.06 bits per heavy atom. The number of thioether (sulfide) groups is 1. The lowest BCUT2D eigenvalue weighted by atomic mass is 9.97. The van der Waals surface area contributed by atoms with E-state index < -0.39 is 0 Å². The van der Waals surface area contributed by atoms with E-state index in [1.807, 2.05) is 48.5 Å². The summed E-state index contributed by atoms with van der Waals surface area (Å²) in [7, 11) is 0. The van der Waals surface area contributed by atoms with E-state index in [0.717, 1.165) is 24.8 Å². The molecule has 1 aliphatic carbocycles. The van der Waals surface area contributed by atoms with Crippen molar-refractivity contribution in [3.63, 3.8) is 0 Å². The fraction of sp³-hybridized carbons (Fsp3) is 0.320. The van der Waals surface area contributed by atoms with E-state index in [9.17, 15) is 9.59 Å². The van der Waals surface area contributed by atoms with E-state index in [4.69, 9.17) is 4.98 Å². The topological polar surface area (TPSA) is 64.0 Å². The molecular weight excluding hydrogens is 406 g/mol. The first-order valence-electron chi connectivity index (χ1n) is 10.8. The monoisotopic (exact) mass is 433 g/mol. The van der Waals surface area contributed by atoms with Gasteiger partial charge in [-0.3, -0.25) is 14.2 Å². The minimum absolute atomic E-state index is 0.0323. The van der Waals surface area contributed by atoms with Gasteiger partial charge in [0.1, 0.15) is 0 Å². The number of nitrogens with one attached hydrogen (secondary N) is 1. The first-order chi connectivity index (χ1) is 15.2. The van der Waals surface area contributed by atoms with Crippen molar-refractivity contribution >= 4 is 28.6 Å². The highest BCUT2D eigenvalue weighted by Gasteiger charge is 2.14. The summed E-state index contributed by atoms with van der Waals surface area (Å²) in [6, 6.07) is 17.2. The van der Waals surface area contributed by atoms with Crippen molar-refractivity contribution in [1.82, 2.24) is 14.9 Å². The van der Waals surface area contributed by atoms with E-state index in [1.165, 1.54) is 30.2 Å². The van der Waals surface area contributed by atoms with E-state index in [-0.39, 0.29) is 17.2 Å². The molecule has 0 aliphatic heterocycles. The summed E-state index contributed by atoms with van der Waals surface area (Å²) in [5.74, 6) is 0.202. The van der Waals surface area contributed by atoms with Gasteiger partial charge in [0.25, 0.3) is 5.56 Å². The number of aromatic nitrogens is 2. The standard InChI is InChI=1S/C25H27N3O2S/c29-23(26-16-15-19-9-3-1-4-10-19)18-31-25-27-22-14-8-7-13-21(22)24(30)28(25)17-20-11-5-2-6-12-20/h2,5-9,11-14H,1,3-4,10,15-18H2,(H,26,29). The number of nitrogens with zero attached hydrogens (tertiary/aromatic N) is 2. The van der Waals surface area contributed by atoms with Gasteiger partial charge in [0, 0.05) is 6.54 Å². The van der Waals surface area contributed by atoms with Crippen LogP contribution < -0.4 is 10.9 Å². The number of para-hydroxylation sites is 1. The smallest absolute Gasteiger partial charge is 0.262 e. The molecular formula is C25H27N3O2S. The molecule has 31 heavy (non-hydrogen) atoms. The molecule has 0 radical (unpaired) electrons. The molecule has 0 fully saturated rings. The van der Waals surface area contributed by atoms with Gasteiger partial charge in [-0.2, -0.15) is 0 Å². The SMILES string of the molecule is O=C(CSc1nc2ccccc2c(=O)n1Cc1ccccc1)NCCC1=CCCCC1. The Hall–Kier alpha value is -2.86. The van der Waals surface area contributed by atoms with Gasteiger partial charge in [-0.25, -0.2) is 4.98 Å². The maximum absolute atomic E-state index is 13.1. The van der Waals surface area contributed by atoms with Crippen LogP contribution in [-0.2, 0) is 11.3 Å². The lowest BCUT2D eigenvalue weighted by Crippen LogP contribution is -2.28. The molecule has 0 unspecified atom stereocenters. The average Bonchev–Trinajstić information content (AvgIpc) is 2.81. The lowest BCUT2D eigenvalue weighted by Gasteiger charge is -2.14. The van der Waals surface area contributed by atoms with Crippen LogP contribution in [0, 0.1) is 0 Å². The van der Waals surface area contributed by atoms with Gasteiger partial charge in [-0.15, -0.1) is 0 Å². The fourth-order valence-electron chi connectivity index (χ4n) is 3.84. The van der Waals surface area contributed by atoms with Crippen molar-refractivity contribution < 1.29 is 4.79 Å². The lowest BCUT2D eigenvalue weighted by molar-refractivity contribution is -0.118. The summed E-state index contributed by atoms with van der Waals surface area (Å²) in [6.45, 7) is 1.09. The van der Waals surface area contributed by atoms with Crippen LogP contribution in [0.5, 0.6) is 0 Å². The number of hydrogen-bond donors (Lipinski definition) is 1. The Labute approximate surface area is 186 Å². The second kappa shape index (κ2) is 10.4. The Morgan fingerprint density at radius 2 is 1.87 bits per heavy atom. The summed E-state index contributed by atoms with van der Waals surface area (Å²) < 4.78 is 1.67. The summed E-state index contributed by atoms with van der Waals surface area (Å²) in [5.41, 5.74) is 3.05. The highest BCUT2D eigenvalue weighted by Crippen LogP contribution is 2.20. The highest BCUT2D eigenvalue weighted by atomic mass is 32.2.